The molecule has 1 aliphatic carbocycles. The predicted molar refractivity (Wildman–Crippen MR) is 106 cm³/mol. The molecule has 0 heterocycles. The quantitative estimate of drug-likeness (QED) is 0.665. The molecule has 2 heteroatoms. The maximum absolute atomic E-state index is 12.6. The van der Waals surface area contributed by atoms with Crippen molar-refractivity contribution < 1.29 is 9.53 Å². The standard InChI is InChI=1S/C21H24O2.C2H6/c1-13-11-15-16(19(13)22)12-17(21(2,3)4)20(23-5)18(15)14-9-7-6-8-10-14;1-2/h6-10,12-13H,11H2,1-5H3;1-2H3. The summed E-state index contributed by atoms with van der Waals surface area (Å²) in [5.74, 6) is 1.21. The molecule has 0 spiro atoms. The van der Waals surface area contributed by atoms with Gasteiger partial charge in [-0.15, -0.1) is 0 Å². The lowest BCUT2D eigenvalue weighted by Crippen LogP contribution is -2.15. The number of carbonyl (C=O) groups excluding carboxylic acids is 1. The molecule has 0 fully saturated rings. The van der Waals surface area contributed by atoms with E-state index in [2.05, 4.69) is 39.0 Å². The first-order valence-electron chi connectivity index (χ1n) is 9.18. The molecule has 0 N–H and O–H groups in total. The van der Waals surface area contributed by atoms with Crippen LogP contribution in [0.1, 0.15) is 63.0 Å². The van der Waals surface area contributed by atoms with E-state index in [0.29, 0.717) is 0 Å². The number of ketones is 1. The van der Waals surface area contributed by atoms with Crippen molar-refractivity contribution >= 4 is 5.78 Å². The van der Waals surface area contributed by atoms with E-state index >= 15 is 0 Å². The van der Waals surface area contributed by atoms with E-state index in [0.717, 1.165) is 40.0 Å². The van der Waals surface area contributed by atoms with Gasteiger partial charge in [-0.25, -0.2) is 0 Å². The molecule has 0 saturated heterocycles. The Morgan fingerprint density at radius 1 is 1.08 bits per heavy atom. The van der Waals surface area contributed by atoms with Crippen LogP contribution >= 0.6 is 0 Å². The van der Waals surface area contributed by atoms with Gasteiger partial charge in [0, 0.05) is 22.6 Å². The maximum Gasteiger partial charge on any atom is 0.166 e. The van der Waals surface area contributed by atoms with Crippen molar-refractivity contribution in [1.29, 1.82) is 0 Å². The van der Waals surface area contributed by atoms with Crippen molar-refractivity contribution in [2.45, 2.75) is 53.4 Å². The zero-order chi connectivity index (χ0) is 18.8. The Kier molecular flexibility index (Phi) is 5.72. The van der Waals surface area contributed by atoms with Gasteiger partial charge in [0.25, 0.3) is 0 Å². The first kappa shape index (κ1) is 19.2. The van der Waals surface area contributed by atoms with Crippen LogP contribution in [0.25, 0.3) is 11.1 Å². The molecule has 2 aromatic carbocycles. The molecule has 25 heavy (non-hydrogen) atoms. The highest BCUT2D eigenvalue weighted by atomic mass is 16.5. The summed E-state index contributed by atoms with van der Waals surface area (Å²) in [4.78, 5) is 12.6. The van der Waals surface area contributed by atoms with E-state index in [1.54, 1.807) is 7.11 Å². The summed E-state index contributed by atoms with van der Waals surface area (Å²) in [5.41, 5.74) is 5.23. The third kappa shape index (κ3) is 3.49. The van der Waals surface area contributed by atoms with Crippen molar-refractivity contribution in [3.05, 3.63) is 53.1 Å². The molecule has 1 atom stereocenters. The molecule has 0 radical (unpaired) electrons. The van der Waals surface area contributed by atoms with Gasteiger partial charge in [0.1, 0.15) is 5.75 Å². The number of carbonyl (C=O) groups is 1. The molecular formula is C23H30O2. The molecule has 2 aromatic rings. The predicted octanol–water partition coefficient (Wildman–Crippen LogP) is 6.06. The summed E-state index contributed by atoms with van der Waals surface area (Å²) in [5, 5.41) is 0. The van der Waals surface area contributed by atoms with Crippen LogP contribution in [0.4, 0.5) is 0 Å². The van der Waals surface area contributed by atoms with Gasteiger partial charge in [0.2, 0.25) is 0 Å². The normalized spacial score (nSPS) is 16.1. The molecule has 134 valence electrons. The minimum absolute atomic E-state index is 0.0485. The minimum Gasteiger partial charge on any atom is -0.496 e. The van der Waals surface area contributed by atoms with Crippen LogP contribution < -0.4 is 4.74 Å². The van der Waals surface area contributed by atoms with Crippen molar-refractivity contribution in [2.75, 3.05) is 7.11 Å². The Hall–Kier alpha value is -2.09. The molecule has 1 aliphatic rings. The Morgan fingerprint density at radius 2 is 1.68 bits per heavy atom. The Labute approximate surface area is 152 Å². The van der Waals surface area contributed by atoms with Crippen LogP contribution in [0.3, 0.4) is 0 Å². The Bertz CT molecular complexity index is 752. The maximum atomic E-state index is 12.6. The van der Waals surface area contributed by atoms with Crippen LogP contribution in [-0.2, 0) is 11.8 Å². The molecule has 3 rings (SSSR count). The van der Waals surface area contributed by atoms with Gasteiger partial charge in [-0.1, -0.05) is 71.9 Å². The molecule has 0 aliphatic heterocycles. The van der Waals surface area contributed by atoms with Gasteiger partial charge in [-0.05, 0) is 29.0 Å². The van der Waals surface area contributed by atoms with E-state index in [4.69, 9.17) is 4.74 Å². The first-order chi connectivity index (χ1) is 11.8. The van der Waals surface area contributed by atoms with Crippen LogP contribution in [-0.4, -0.2) is 12.9 Å². The molecule has 0 bridgehead atoms. The highest BCUT2D eigenvalue weighted by Gasteiger charge is 2.34. The number of hydrogen-bond donors (Lipinski definition) is 0. The second-order valence-electron chi connectivity index (χ2n) is 7.44. The Balaban J connectivity index is 0.00000109. The van der Waals surface area contributed by atoms with E-state index in [9.17, 15) is 4.79 Å². The zero-order valence-corrected chi connectivity index (χ0v) is 16.6. The number of methoxy groups -OCH3 is 1. The fourth-order valence-electron chi connectivity index (χ4n) is 3.48. The Morgan fingerprint density at radius 3 is 2.20 bits per heavy atom. The smallest absolute Gasteiger partial charge is 0.166 e. The van der Waals surface area contributed by atoms with E-state index < -0.39 is 0 Å². The molecule has 0 saturated carbocycles. The van der Waals surface area contributed by atoms with Crippen molar-refractivity contribution in [2.24, 2.45) is 5.92 Å². The molecule has 1 unspecified atom stereocenters. The summed E-state index contributed by atoms with van der Waals surface area (Å²) >= 11 is 0. The molecule has 0 aromatic heterocycles. The number of ether oxygens (including phenoxy) is 1. The van der Waals surface area contributed by atoms with Gasteiger partial charge < -0.3 is 4.74 Å². The summed E-state index contributed by atoms with van der Waals surface area (Å²) < 4.78 is 5.84. The average Bonchev–Trinajstić information content (AvgIpc) is 2.89. The fraction of sp³-hybridized carbons (Fsp3) is 0.435. The van der Waals surface area contributed by atoms with E-state index in [1.165, 1.54) is 0 Å². The van der Waals surface area contributed by atoms with E-state index in [-0.39, 0.29) is 17.1 Å². The third-order valence-electron chi connectivity index (χ3n) is 4.69. The highest BCUT2D eigenvalue weighted by Crippen LogP contribution is 2.46. The minimum atomic E-state index is -0.0873. The summed E-state index contributed by atoms with van der Waals surface area (Å²) in [6.45, 7) is 12.5. The molecule has 0 amide bonds. The monoisotopic (exact) mass is 338 g/mol. The number of rotatable bonds is 2. The molecular weight excluding hydrogens is 308 g/mol. The van der Waals surface area contributed by atoms with Crippen molar-refractivity contribution in [3.63, 3.8) is 0 Å². The topological polar surface area (TPSA) is 26.3 Å². The van der Waals surface area contributed by atoms with Gasteiger partial charge in [-0.3, -0.25) is 4.79 Å². The number of hydrogen-bond acceptors (Lipinski definition) is 2. The average molecular weight is 338 g/mol. The van der Waals surface area contributed by atoms with Crippen LogP contribution in [0, 0.1) is 5.92 Å². The van der Waals surface area contributed by atoms with Crippen LogP contribution in [0.15, 0.2) is 36.4 Å². The lowest BCUT2D eigenvalue weighted by atomic mass is 9.81. The van der Waals surface area contributed by atoms with Crippen molar-refractivity contribution in [1.82, 2.24) is 0 Å². The second kappa shape index (κ2) is 7.43. The van der Waals surface area contributed by atoms with Gasteiger partial charge in [0.15, 0.2) is 5.78 Å². The summed E-state index contributed by atoms with van der Waals surface area (Å²) in [6.07, 6.45) is 0.791. The number of fused-ring (bicyclic) bond motifs is 1. The molecule has 2 nitrogen and oxygen atoms in total. The SMILES string of the molecule is CC.COc1c(C(C)(C)C)cc2c(c1-c1ccccc1)CC(C)C2=O. The highest BCUT2D eigenvalue weighted by molar-refractivity contribution is 6.05. The van der Waals surface area contributed by atoms with Gasteiger partial charge in [0.05, 0.1) is 7.11 Å². The lowest BCUT2D eigenvalue weighted by Gasteiger charge is -2.26. The second-order valence-corrected chi connectivity index (χ2v) is 7.44. The summed E-state index contributed by atoms with van der Waals surface area (Å²) in [7, 11) is 1.73. The fourth-order valence-corrected chi connectivity index (χ4v) is 3.48. The van der Waals surface area contributed by atoms with E-state index in [1.807, 2.05) is 39.0 Å². The van der Waals surface area contributed by atoms with Gasteiger partial charge in [-0.2, -0.15) is 0 Å². The number of benzene rings is 2. The first-order valence-corrected chi connectivity index (χ1v) is 9.18. The third-order valence-corrected chi connectivity index (χ3v) is 4.69. The van der Waals surface area contributed by atoms with Gasteiger partial charge >= 0.3 is 0 Å². The zero-order valence-electron chi connectivity index (χ0n) is 16.6. The van der Waals surface area contributed by atoms with Crippen LogP contribution in [0.5, 0.6) is 5.75 Å². The van der Waals surface area contributed by atoms with Crippen LogP contribution in [0.2, 0.25) is 0 Å². The number of Topliss-reactive ketones (excluding diaryl/α,β-unsaturated/α-hetero) is 1. The summed E-state index contributed by atoms with van der Waals surface area (Å²) in [6, 6.07) is 12.3. The van der Waals surface area contributed by atoms with Crippen molar-refractivity contribution in [3.8, 4) is 16.9 Å². The largest absolute Gasteiger partial charge is 0.496 e. The lowest BCUT2D eigenvalue weighted by molar-refractivity contribution is 0.0946.